The Bertz CT molecular complexity index is 769. The van der Waals surface area contributed by atoms with Crippen molar-refractivity contribution >= 4 is 27.7 Å². The molecule has 1 amide bonds. The van der Waals surface area contributed by atoms with Crippen LogP contribution in [0.25, 0.3) is 10.2 Å². The number of amides is 1. The number of aromatic nitrogens is 2. The van der Waals surface area contributed by atoms with E-state index in [-0.39, 0.29) is 11.4 Å². The molecule has 0 aliphatic carbocycles. The lowest BCUT2D eigenvalue weighted by atomic mass is 10.0. The van der Waals surface area contributed by atoms with Crippen LogP contribution < -0.4 is 0 Å². The molecule has 134 valence electrons. The largest absolute Gasteiger partial charge is 0.335 e. The summed E-state index contributed by atoms with van der Waals surface area (Å²) in [7, 11) is 0. The first kappa shape index (κ1) is 16.9. The molecule has 2 aliphatic rings. The van der Waals surface area contributed by atoms with Crippen LogP contribution in [0.4, 0.5) is 0 Å². The van der Waals surface area contributed by atoms with Crippen molar-refractivity contribution in [3.05, 3.63) is 23.8 Å². The molecule has 2 saturated heterocycles. The molecule has 2 fully saturated rings. The number of nitrogens with zero attached hydrogens (tertiary/aromatic N) is 5. The molecule has 0 unspecified atom stereocenters. The molecule has 1 aromatic heterocycles. The summed E-state index contributed by atoms with van der Waals surface area (Å²) in [4.78, 5) is 19.7. The Labute approximate surface area is 152 Å². The monoisotopic (exact) mass is 359 g/mol. The van der Waals surface area contributed by atoms with E-state index in [0.717, 1.165) is 55.0 Å². The van der Waals surface area contributed by atoms with Gasteiger partial charge in [-0.2, -0.15) is 0 Å². The molecule has 2 aromatic rings. The van der Waals surface area contributed by atoms with Crippen LogP contribution in [0.1, 0.15) is 31.1 Å². The molecule has 7 heteroatoms. The lowest BCUT2D eigenvalue weighted by Gasteiger charge is -2.50. The molecule has 1 aromatic carbocycles. The summed E-state index contributed by atoms with van der Waals surface area (Å²) in [6.45, 7) is 12.9. The highest BCUT2D eigenvalue weighted by atomic mass is 32.1. The minimum absolute atomic E-state index is 0.111. The zero-order valence-electron chi connectivity index (χ0n) is 15.1. The zero-order chi connectivity index (χ0) is 17.6. The predicted molar refractivity (Wildman–Crippen MR) is 100 cm³/mol. The minimum Gasteiger partial charge on any atom is -0.335 e. The van der Waals surface area contributed by atoms with Crippen LogP contribution in [0.3, 0.4) is 0 Å². The van der Waals surface area contributed by atoms with Crippen LogP contribution in [0.2, 0.25) is 0 Å². The van der Waals surface area contributed by atoms with Crippen molar-refractivity contribution in [1.82, 2.24) is 24.3 Å². The van der Waals surface area contributed by atoms with Crippen LogP contribution in [-0.4, -0.2) is 81.0 Å². The molecule has 0 spiro atoms. The second kappa shape index (κ2) is 6.30. The maximum atomic E-state index is 12.7. The Balaban J connectivity index is 1.32. The Morgan fingerprint density at radius 1 is 1.16 bits per heavy atom. The fraction of sp³-hybridized carbons (Fsp3) is 0.611. The summed E-state index contributed by atoms with van der Waals surface area (Å²) in [5.74, 6) is 0.111. The highest BCUT2D eigenvalue weighted by Crippen LogP contribution is 2.23. The molecule has 0 atom stereocenters. The highest BCUT2D eigenvalue weighted by Gasteiger charge is 2.37. The fourth-order valence-corrected chi connectivity index (χ4v) is 4.25. The number of carbonyl (C=O) groups excluding carboxylic acids is 1. The van der Waals surface area contributed by atoms with E-state index in [1.807, 2.05) is 23.1 Å². The number of piperazine rings is 1. The first-order valence-electron chi connectivity index (χ1n) is 8.92. The van der Waals surface area contributed by atoms with Crippen molar-refractivity contribution in [2.45, 2.75) is 32.4 Å². The third-order valence-corrected chi connectivity index (χ3v) is 6.13. The SMILES string of the molecule is CC(C)(C)N1CCN(C2CN(C(=O)c3ccc4snnc4c3)C2)CC1. The zero-order valence-corrected chi connectivity index (χ0v) is 15.9. The van der Waals surface area contributed by atoms with Crippen molar-refractivity contribution < 1.29 is 4.79 Å². The number of benzene rings is 1. The van der Waals surface area contributed by atoms with E-state index >= 15 is 0 Å². The van der Waals surface area contributed by atoms with Crippen molar-refractivity contribution in [2.24, 2.45) is 0 Å². The number of likely N-dealkylation sites (tertiary alicyclic amines) is 1. The van der Waals surface area contributed by atoms with Gasteiger partial charge in [0.05, 0.1) is 4.70 Å². The second-order valence-electron chi connectivity index (χ2n) is 8.01. The molecule has 25 heavy (non-hydrogen) atoms. The molecular weight excluding hydrogens is 334 g/mol. The van der Waals surface area contributed by atoms with Gasteiger partial charge in [0, 0.05) is 56.4 Å². The summed E-state index contributed by atoms with van der Waals surface area (Å²) < 4.78 is 4.96. The number of hydrogen-bond acceptors (Lipinski definition) is 6. The van der Waals surface area contributed by atoms with Gasteiger partial charge < -0.3 is 4.90 Å². The molecule has 0 radical (unpaired) electrons. The first-order chi connectivity index (χ1) is 11.9. The van der Waals surface area contributed by atoms with Gasteiger partial charge in [0.2, 0.25) is 0 Å². The van der Waals surface area contributed by atoms with E-state index in [0.29, 0.717) is 6.04 Å². The van der Waals surface area contributed by atoms with Gasteiger partial charge in [-0.05, 0) is 50.5 Å². The second-order valence-corrected chi connectivity index (χ2v) is 8.80. The van der Waals surface area contributed by atoms with E-state index in [4.69, 9.17) is 0 Å². The van der Waals surface area contributed by atoms with Crippen LogP contribution in [0.15, 0.2) is 18.2 Å². The number of fused-ring (bicyclic) bond motifs is 1. The average Bonchev–Trinajstić information content (AvgIpc) is 3.00. The minimum atomic E-state index is 0.111. The number of rotatable bonds is 2. The lowest BCUT2D eigenvalue weighted by Crippen LogP contribution is -2.65. The molecular formula is C18H25N5OS. The molecule has 2 aliphatic heterocycles. The van der Waals surface area contributed by atoms with E-state index in [1.54, 1.807) is 0 Å². The first-order valence-corrected chi connectivity index (χ1v) is 9.70. The Morgan fingerprint density at radius 3 is 2.56 bits per heavy atom. The van der Waals surface area contributed by atoms with Crippen LogP contribution in [-0.2, 0) is 0 Å². The van der Waals surface area contributed by atoms with E-state index < -0.39 is 0 Å². The topological polar surface area (TPSA) is 52.6 Å². The van der Waals surface area contributed by atoms with Crippen molar-refractivity contribution in [3.8, 4) is 0 Å². The summed E-state index contributed by atoms with van der Waals surface area (Å²) in [6, 6.07) is 6.20. The standard InChI is InChI=1S/C18H25N5OS/c1-18(2,3)23-8-6-21(7-9-23)14-11-22(12-14)17(24)13-4-5-16-15(10-13)19-20-25-16/h4-5,10,14H,6-9,11-12H2,1-3H3. The van der Waals surface area contributed by atoms with Crippen molar-refractivity contribution in [2.75, 3.05) is 39.3 Å². The van der Waals surface area contributed by atoms with Crippen molar-refractivity contribution in [3.63, 3.8) is 0 Å². The van der Waals surface area contributed by atoms with Gasteiger partial charge in [0.15, 0.2) is 0 Å². The van der Waals surface area contributed by atoms with Gasteiger partial charge in [-0.15, -0.1) is 5.10 Å². The smallest absolute Gasteiger partial charge is 0.254 e. The van der Waals surface area contributed by atoms with E-state index in [2.05, 4.69) is 40.2 Å². The molecule has 0 N–H and O–H groups in total. The summed E-state index contributed by atoms with van der Waals surface area (Å²) in [5.41, 5.74) is 1.78. The van der Waals surface area contributed by atoms with E-state index in [1.165, 1.54) is 11.5 Å². The Hall–Kier alpha value is -1.57. The molecule has 0 bridgehead atoms. The normalized spacial score (nSPS) is 20.8. The number of hydrogen-bond donors (Lipinski definition) is 0. The molecule has 0 saturated carbocycles. The third-order valence-electron chi connectivity index (χ3n) is 5.42. The van der Waals surface area contributed by atoms with Gasteiger partial charge in [0.25, 0.3) is 5.91 Å². The van der Waals surface area contributed by atoms with Crippen LogP contribution in [0, 0.1) is 0 Å². The van der Waals surface area contributed by atoms with Gasteiger partial charge >= 0.3 is 0 Å². The van der Waals surface area contributed by atoms with Gasteiger partial charge in [0.1, 0.15) is 5.52 Å². The van der Waals surface area contributed by atoms with Crippen LogP contribution >= 0.6 is 11.5 Å². The molecule has 6 nitrogen and oxygen atoms in total. The fourth-order valence-electron chi connectivity index (χ4n) is 3.71. The quantitative estimate of drug-likeness (QED) is 0.820. The third kappa shape index (κ3) is 3.28. The Morgan fingerprint density at radius 2 is 1.88 bits per heavy atom. The van der Waals surface area contributed by atoms with Crippen molar-refractivity contribution in [1.29, 1.82) is 0 Å². The number of carbonyl (C=O) groups is 1. The molecule has 3 heterocycles. The summed E-state index contributed by atoms with van der Waals surface area (Å²) in [6.07, 6.45) is 0. The predicted octanol–water partition coefficient (Wildman–Crippen LogP) is 1.93. The van der Waals surface area contributed by atoms with Crippen LogP contribution in [0.5, 0.6) is 0 Å². The van der Waals surface area contributed by atoms with Gasteiger partial charge in [-0.25, -0.2) is 0 Å². The van der Waals surface area contributed by atoms with E-state index in [9.17, 15) is 4.79 Å². The highest BCUT2D eigenvalue weighted by molar-refractivity contribution is 7.12. The van der Waals surface area contributed by atoms with Gasteiger partial charge in [-0.3, -0.25) is 14.6 Å². The summed E-state index contributed by atoms with van der Waals surface area (Å²) >= 11 is 1.36. The average molecular weight is 359 g/mol. The van der Waals surface area contributed by atoms with Gasteiger partial charge in [-0.1, -0.05) is 4.49 Å². The maximum absolute atomic E-state index is 12.7. The Kier molecular flexibility index (Phi) is 4.25. The maximum Gasteiger partial charge on any atom is 0.254 e. The molecule has 4 rings (SSSR count). The lowest BCUT2D eigenvalue weighted by molar-refractivity contribution is -0.00852. The summed E-state index contributed by atoms with van der Waals surface area (Å²) in [5, 5.41) is 4.07.